The van der Waals surface area contributed by atoms with Gasteiger partial charge in [0.05, 0.1) is 9.37 Å². The summed E-state index contributed by atoms with van der Waals surface area (Å²) in [5.74, 6) is 0.812. The van der Waals surface area contributed by atoms with Gasteiger partial charge in [0.15, 0.2) is 6.61 Å². The molecule has 4 rings (SSSR count). The van der Waals surface area contributed by atoms with E-state index in [1.165, 1.54) is 24.3 Å². The van der Waals surface area contributed by atoms with Crippen molar-refractivity contribution in [1.29, 1.82) is 0 Å². The van der Waals surface area contributed by atoms with Gasteiger partial charge < -0.3 is 10.1 Å². The first-order valence-electron chi connectivity index (χ1n) is 10.9. The van der Waals surface area contributed by atoms with Gasteiger partial charge in [0.2, 0.25) is 0 Å². The van der Waals surface area contributed by atoms with E-state index in [0.29, 0.717) is 23.0 Å². The van der Waals surface area contributed by atoms with Crippen LogP contribution in [0.2, 0.25) is 0 Å². The van der Waals surface area contributed by atoms with Crippen molar-refractivity contribution in [2.75, 3.05) is 16.6 Å². The number of hydrogen-bond donors (Lipinski definition) is 2. The molecular formula is C26H23BrN4O4S. The zero-order chi connectivity index (χ0) is 25.7. The van der Waals surface area contributed by atoms with Gasteiger partial charge in [-0.3, -0.25) is 9.52 Å². The molecule has 0 atom stereocenters. The smallest absolute Gasteiger partial charge is 0.263 e. The minimum Gasteiger partial charge on any atom is -0.483 e. The van der Waals surface area contributed by atoms with E-state index in [1.54, 1.807) is 26.0 Å². The first kappa shape index (κ1) is 25.3. The average Bonchev–Trinajstić information content (AvgIpc) is 2.83. The maximum absolute atomic E-state index is 12.7. The number of nitrogens with one attached hydrogen (secondary N) is 2. The molecule has 0 spiro atoms. The van der Waals surface area contributed by atoms with E-state index < -0.39 is 10.0 Å². The lowest BCUT2D eigenvalue weighted by molar-refractivity contribution is -0.118. The lowest BCUT2D eigenvalue weighted by Crippen LogP contribution is -2.20. The molecule has 0 bridgehead atoms. The number of anilines is 2. The SMILES string of the molecule is Cc1cc(NS(=O)(=O)c2ccc(NC(=O)COc3ccc(-c4ccccc4)cc3Br)cc2)nc(C)n1. The number of aromatic nitrogens is 2. The minimum atomic E-state index is -3.85. The molecule has 1 aromatic heterocycles. The summed E-state index contributed by atoms with van der Waals surface area (Å²) in [6, 6.07) is 22.9. The molecule has 0 fully saturated rings. The van der Waals surface area contributed by atoms with Crippen LogP contribution in [0.25, 0.3) is 11.1 Å². The number of halogens is 1. The molecule has 1 amide bonds. The highest BCUT2D eigenvalue weighted by Gasteiger charge is 2.16. The highest BCUT2D eigenvalue weighted by atomic mass is 79.9. The third-order valence-corrected chi connectivity index (χ3v) is 7.04. The predicted molar refractivity (Wildman–Crippen MR) is 142 cm³/mol. The van der Waals surface area contributed by atoms with Crippen LogP contribution in [-0.4, -0.2) is 30.9 Å². The molecule has 1 heterocycles. The van der Waals surface area contributed by atoms with Crippen LogP contribution in [0.5, 0.6) is 5.75 Å². The molecule has 0 saturated heterocycles. The number of hydrogen-bond acceptors (Lipinski definition) is 6. The second kappa shape index (κ2) is 10.9. The average molecular weight is 567 g/mol. The molecule has 184 valence electrons. The summed E-state index contributed by atoms with van der Waals surface area (Å²) in [6.07, 6.45) is 0. The maximum atomic E-state index is 12.7. The van der Waals surface area contributed by atoms with Crippen LogP contribution in [0.1, 0.15) is 11.5 Å². The molecule has 0 radical (unpaired) electrons. The maximum Gasteiger partial charge on any atom is 0.263 e. The van der Waals surface area contributed by atoms with Gasteiger partial charge >= 0.3 is 0 Å². The Bertz CT molecular complexity index is 1470. The number of rotatable bonds is 8. The second-order valence-electron chi connectivity index (χ2n) is 7.92. The number of amides is 1. The Morgan fingerprint density at radius 3 is 2.31 bits per heavy atom. The van der Waals surface area contributed by atoms with Crippen LogP contribution in [-0.2, 0) is 14.8 Å². The van der Waals surface area contributed by atoms with E-state index in [4.69, 9.17) is 4.74 Å². The quantitative estimate of drug-likeness (QED) is 0.298. The Labute approximate surface area is 218 Å². The molecule has 3 aromatic carbocycles. The summed E-state index contributed by atoms with van der Waals surface area (Å²) >= 11 is 3.49. The summed E-state index contributed by atoms with van der Waals surface area (Å²) in [6.45, 7) is 3.23. The topological polar surface area (TPSA) is 110 Å². The normalized spacial score (nSPS) is 11.1. The van der Waals surface area contributed by atoms with Crippen molar-refractivity contribution in [3.8, 4) is 16.9 Å². The largest absolute Gasteiger partial charge is 0.483 e. The van der Waals surface area contributed by atoms with Crippen LogP contribution in [0.15, 0.2) is 88.2 Å². The van der Waals surface area contributed by atoms with Crippen molar-refractivity contribution in [2.24, 2.45) is 0 Å². The summed E-state index contributed by atoms with van der Waals surface area (Å²) in [5, 5.41) is 2.70. The predicted octanol–water partition coefficient (Wildman–Crippen LogP) is 5.34. The third kappa shape index (κ3) is 6.46. The summed E-state index contributed by atoms with van der Waals surface area (Å²) < 4.78 is 34.2. The van der Waals surface area contributed by atoms with E-state index >= 15 is 0 Å². The van der Waals surface area contributed by atoms with Crippen LogP contribution in [0.3, 0.4) is 0 Å². The summed E-state index contributed by atoms with van der Waals surface area (Å²) in [7, 11) is -3.85. The Kier molecular flexibility index (Phi) is 7.66. The first-order chi connectivity index (χ1) is 17.2. The van der Waals surface area contributed by atoms with Crippen molar-refractivity contribution in [3.05, 3.63) is 94.9 Å². The van der Waals surface area contributed by atoms with Gasteiger partial charge in [-0.05, 0) is 77.3 Å². The third-order valence-electron chi connectivity index (χ3n) is 5.05. The van der Waals surface area contributed by atoms with Crippen molar-refractivity contribution in [3.63, 3.8) is 0 Å². The number of aryl methyl sites for hydroxylation is 2. The Morgan fingerprint density at radius 2 is 1.64 bits per heavy atom. The number of nitrogens with zero attached hydrogens (tertiary/aromatic N) is 2. The molecular weight excluding hydrogens is 544 g/mol. The van der Waals surface area contributed by atoms with Crippen molar-refractivity contribution in [1.82, 2.24) is 9.97 Å². The Hall–Kier alpha value is -3.76. The fraction of sp³-hybridized carbons (Fsp3) is 0.115. The zero-order valence-electron chi connectivity index (χ0n) is 19.5. The monoisotopic (exact) mass is 566 g/mol. The van der Waals surface area contributed by atoms with E-state index in [1.807, 2.05) is 42.5 Å². The summed E-state index contributed by atoms with van der Waals surface area (Å²) in [4.78, 5) is 20.6. The fourth-order valence-electron chi connectivity index (χ4n) is 3.45. The van der Waals surface area contributed by atoms with Gasteiger partial charge in [0, 0.05) is 17.4 Å². The highest BCUT2D eigenvalue weighted by Crippen LogP contribution is 2.30. The molecule has 8 nitrogen and oxygen atoms in total. The first-order valence-corrected chi connectivity index (χ1v) is 13.2. The van der Waals surface area contributed by atoms with Crippen LogP contribution in [0, 0.1) is 13.8 Å². The second-order valence-corrected chi connectivity index (χ2v) is 10.5. The molecule has 36 heavy (non-hydrogen) atoms. The van der Waals surface area contributed by atoms with Crippen molar-refractivity contribution in [2.45, 2.75) is 18.7 Å². The fourth-order valence-corrected chi connectivity index (χ4v) is 4.94. The van der Waals surface area contributed by atoms with Gasteiger partial charge in [-0.2, -0.15) is 0 Å². The van der Waals surface area contributed by atoms with Gasteiger partial charge in [-0.15, -0.1) is 0 Å². The van der Waals surface area contributed by atoms with E-state index in [2.05, 4.69) is 35.9 Å². The zero-order valence-corrected chi connectivity index (χ0v) is 21.9. The highest BCUT2D eigenvalue weighted by molar-refractivity contribution is 9.10. The molecule has 10 heteroatoms. The van der Waals surface area contributed by atoms with E-state index in [0.717, 1.165) is 15.6 Å². The molecule has 0 aliphatic heterocycles. The van der Waals surface area contributed by atoms with Gasteiger partial charge in [-0.25, -0.2) is 18.4 Å². The summed E-state index contributed by atoms with van der Waals surface area (Å²) in [5.41, 5.74) is 3.19. The van der Waals surface area contributed by atoms with Crippen LogP contribution < -0.4 is 14.8 Å². The minimum absolute atomic E-state index is 0.0353. The van der Waals surface area contributed by atoms with E-state index in [-0.39, 0.29) is 23.2 Å². The van der Waals surface area contributed by atoms with Gasteiger partial charge in [0.1, 0.15) is 17.4 Å². The Balaban J connectivity index is 1.35. The van der Waals surface area contributed by atoms with Crippen molar-refractivity contribution >= 4 is 43.4 Å². The van der Waals surface area contributed by atoms with Crippen LogP contribution in [0.4, 0.5) is 11.5 Å². The number of benzene rings is 3. The standard InChI is InChI=1S/C26H23BrN4O4S/c1-17-14-25(29-18(2)28-17)31-36(33,34)22-11-9-21(10-12-22)30-26(32)16-35-24-13-8-20(15-23(24)27)19-6-4-3-5-7-19/h3-15H,16H2,1-2H3,(H,30,32)(H,28,29,31). The number of sulfonamides is 1. The molecule has 0 aliphatic carbocycles. The Morgan fingerprint density at radius 1 is 0.917 bits per heavy atom. The van der Waals surface area contributed by atoms with Crippen LogP contribution >= 0.6 is 15.9 Å². The molecule has 0 unspecified atom stereocenters. The lowest BCUT2D eigenvalue weighted by Gasteiger charge is -2.11. The van der Waals surface area contributed by atoms with Crippen molar-refractivity contribution < 1.29 is 17.9 Å². The van der Waals surface area contributed by atoms with Gasteiger partial charge in [-0.1, -0.05) is 36.4 Å². The lowest BCUT2D eigenvalue weighted by atomic mass is 10.1. The van der Waals surface area contributed by atoms with Gasteiger partial charge in [0.25, 0.3) is 15.9 Å². The number of carbonyl (C=O) groups excluding carboxylic acids is 1. The molecule has 0 saturated carbocycles. The number of carbonyl (C=O) groups is 1. The molecule has 2 N–H and O–H groups in total. The molecule has 4 aromatic rings. The number of ether oxygens (including phenoxy) is 1. The van der Waals surface area contributed by atoms with E-state index in [9.17, 15) is 13.2 Å². The molecule has 0 aliphatic rings.